The summed E-state index contributed by atoms with van der Waals surface area (Å²) in [5.41, 5.74) is 0. The Bertz CT molecular complexity index is 644. The maximum atomic E-state index is 11.9. The van der Waals surface area contributed by atoms with Crippen molar-refractivity contribution in [2.45, 2.75) is 123 Å². The van der Waals surface area contributed by atoms with Gasteiger partial charge in [-0.25, -0.2) is 4.57 Å². The molecule has 0 aliphatic rings. The Balaban J connectivity index is 3.64. The molecule has 0 aliphatic carbocycles. The number of carbonyl (C=O) groups is 2. The predicted octanol–water partition coefficient (Wildman–Crippen LogP) is 5.98. The van der Waals surface area contributed by atoms with E-state index in [4.69, 9.17) is 13.8 Å². The first-order valence-electron chi connectivity index (χ1n) is 14.2. The van der Waals surface area contributed by atoms with Gasteiger partial charge in [0.25, 0.3) is 0 Å². The number of esters is 1. The minimum Gasteiger partial charge on any atom is -0.463 e. The van der Waals surface area contributed by atoms with Gasteiger partial charge >= 0.3 is 13.8 Å². The van der Waals surface area contributed by atoms with Gasteiger partial charge in [-0.3, -0.25) is 18.6 Å². The molecular weight excluding hydrogens is 497 g/mol. The first kappa shape index (κ1) is 35.8. The number of aliphatic hydroxyl groups is 1. The molecule has 0 aromatic carbocycles. The van der Waals surface area contributed by atoms with Gasteiger partial charge in [-0.05, 0) is 38.5 Å². The average molecular weight is 550 g/mol. The van der Waals surface area contributed by atoms with Gasteiger partial charge in [-0.15, -0.1) is 0 Å². The van der Waals surface area contributed by atoms with Crippen LogP contribution in [0.4, 0.5) is 0 Å². The van der Waals surface area contributed by atoms with E-state index in [2.05, 4.69) is 24.4 Å². The summed E-state index contributed by atoms with van der Waals surface area (Å²) in [5, 5.41) is 12.4. The molecule has 37 heavy (non-hydrogen) atoms. The topological polar surface area (TPSA) is 131 Å². The first-order chi connectivity index (χ1) is 17.8. The molecule has 0 aromatic rings. The van der Waals surface area contributed by atoms with Crippen LogP contribution in [0.5, 0.6) is 0 Å². The summed E-state index contributed by atoms with van der Waals surface area (Å²) in [6.07, 6.45) is 19.4. The van der Waals surface area contributed by atoms with E-state index < -0.39 is 26.5 Å². The van der Waals surface area contributed by atoms with Crippen LogP contribution in [0, 0.1) is 0 Å². The standard InChI is InChI=1S/C27H52NO8P/c1-3-5-7-8-9-10-11-12-13-14-15-16-18-19-26(30)28-21-22-35-37(32,33)36-24-25(29)23-34-27(31)20-17-6-4-2/h10-11,25,29H,3-9,12-24H2,1-2H3,(H,28,30)(H,32,33)/b11-10-. The van der Waals surface area contributed by atoms with Gasteiger partial charge in [0.15, 0.2) is 0 Å². The number of unbranched alkanes of at least 4 members (excludes halogenated alkanes) is 11. The van der Waals surface area contributed by atoms with Crippen molar-refractivity contribution < 1.29 is 37.9 Å². The SMILES string of the molecule is CCCCCC/C=C\CCCCCCCC(=O)NCCOP(=O)(O)OCC(O)COC(=O)CCCCC. The molecule has 0 aliphatic heterocycles. The molecule has 218 valence electrons. The number of allylic oxidation sites excluding steroid dienone is 2. The molecule has 2 unspecified atom stereocenters. The van der Waals surface area contributed by atoms with Gasteiger partial charge in [-0.1, -0.05) is 77.4 Å². The van der Waals surface area contributed by atoms with Crippen LogP contribution in [0.2, 0.25) is 0 Å². The molecule has 3 N–H and O–H groups in total. The molecule has 0 bridgehead atoms. The Morgan fingerprint density at radius 2 is 1.38 bits per heavy atom. The normalized spacial score (nSPS) is 13.9. The van der Waals surface area contributed by atoms with Gasteiger partial charge in [0.1, 0.15) is 12.7 Å². The van der Waals surface area contributed by atoms with Crippen LogP contribution in [-0.2, 0) is 27.9 Å². The van der Waals surface area contributed by atoms with Crippen molar-refractivity contribution in [2.75, 3.05) is 26.4 Å². The molecule has 0 heterocycles. The number of ether oxygens (including phenoxy) is 1. The minimum absolute atomic E-state index is 0.0788. The molecular formula is C27H52NO8P. The molecule has 2 atom stereocenters. The van der Waals surface area contributed by atoms with E-state index in [1.165, 1.54) is 38.5 Å². The lowest BCUT2D eigenvalue weighted by Crippen LogP contribution is -2.27. The Morgan fingerprint density at radius 1 is 0.811 bits per heavy atom. The molecule has 10 heteroatoms. The summed E-state index contributed by atoms with van der Waals surface area (Å²) in [6, 6.07) is 0. The number of rotatable bonds is 26. The van der Waals surface area contributed by atoms with Crippen molar-refractivity contribution in [1.29, 1.82) is 0 Å². The largest absolute Gasteiger partial charge is 0.472 e. The number of phosphoric ester groups is 1. The zero-order valence-electron chi connectivity index (χ0n) is 23.2. The van der Waals surface area contributed by atoms with E-state index in [0.717, 1.165) is 51.4 Å². The van der Waals surface area contributed by atoms with Crippen LogP contribution in [-0.4, -0.2) is 54.3 Å². The van der Waals surface area contributed by atoms with Gasteiger partial charge in [0, 0.05) is 19.4 Å². The number of amides is 1. The lowest BCUT2D eigenvalue weighted by molar-refractivity contribution is -0.147. The summed E-state index contributed by atoms with van der Waals surface area (Å²) < 4.78 is 26.3. The van der Waals surface area contributed by atoms with Crippen molar-refractivity contribution in [3.05, 3.63) is 12.2 Å². The average Bonchev–Trinajstić information content (AvgIpc) is 2.87. The van der Waals surface area contributed by atoms with Crippen LogP contribution in [0.3, 0.4) is 0 Å². The monoisotopic (exact) mass is 549 g/mol. The van der Waals surface area contributed by atoms with E-state index in [1.54, 1.807) is 0 Å². The molecule has 0 fully saturated rings. The number of nitrogens with one attached hydrogen (secondary N) is 1. The van der Waals surface area contributed by atoms with Gasteiger partial charge in [-0.2, -0.15) is 0 Å². The third-order valence-electron chi connectivity index (χ3n) is 5.70. The number of aliphatic hydroxyl groups excluding tert-OH is 1. The van der Waals surface area contributed by atoms with E-state index in [1.807, 2.05) is 6.92 Å². The number of hydrogen-bond acceptors (Lipinski definition) is 7. The summed E-state index contributed by atoms with van der Waals surface area (Å²) in [7, 11) is -4.38. The molecule has 0 radical (unpaired) electrons. The molecule has 9 nitrogen and oxygen atoms in total. The maximum Gasteiger partial charge on any atom is 0.472 e. The molecule has 0 spiro atoms. The summed E-state index contributed by atoms with van der Waals surface area (Å²) in [6.45, 7) is 3.29. The van der Waals surface area contributed by atoms with Gasteiger partial charge in [0.2, 0.25) is 5.91 Å². The van der Waals surface area contributed by atoms with E-state index in [9.17, 15) is 24.2 Å². The third-order valence-corrected chi connectivity index (χ3v) is 6.68. The summed E-state index contributed by atoms with van der Waals surface area (Å²) in [5.74, 6) is -0.553. The third kappa shape index (κ3) is 26.2. The van der Waals surface area contributed by atoms with Crippen molar-refractivity contribution in [2.24, 2.45) is 0 Å². The fraction of sp³-hybridized carbons (Fsp3) is 0.852. The second kappa shape index (κ2) is 25.1. The van der Waals surface area contributed by atoms with Crippen molar-refractivity contribution >= 4 is 19.7 Å². The van der Waals surface area contributed by atoms with E-state index in [0.29, 0.717) is 6.42 Å². The van der Waals surface area contributed by atoms with Crippen LogP contribution in [0.1, 0.15) is 117 Å². The molecule has 0 aromatic heterocycles. The molecule has 0 rings (SSSR count). The van der Waals surface area contributed by atoms with Gasteiger partial charge < -0.3 is 20.1 Å². The Labute approximate surface area is 224 Å². The molecule has 0 saturated heterocycles. The van der Waals surface area contributed by atoms with Crippen LogP contribution in [0.15, 0.2) is 12.2 Å². The number of hydrogen-bond donors (Lipinski definition) is 3. The van der Waals surface area contributed by atoms with Crippen molar-refractivity contribution in [3.8, 4) is 0 Å². The second-order valence-corrected chi connectivity index (χ2v) is 10.8. The fourth-order valence-corrected chi connectivity index (χ4v) is 4.25. The number of carbonyl (C=O) groups excluding carboxylic acids is 2. The van der Waals surface area contributed by atoms with E-state index in [-0.39, 0.29) is 32.1 Å². The van der Waals surface area contributed by atoms with Crippen LogP contribution in [0.25, 0.3) is 0 Å². The predicted molar refractivity (Wildman–Crippen MR) is 146 cm³/mol. The summed E-state index contributed by atoms with van der Waals surface area (Å²) >= 11 is 0. The van der Waals surface area contributed by atoms with Crippen molar-refractivity contribution in [1.82, 2.24) is 5.32 Å². The summed E-state index contributed by atoms with van der Waals surface area (Å²) in [4.78, 5) is 33.0. The molecule has 1 amide bonds. The lowest BCUT2D eigenvalue weighted by atomic mass is 10.1. The van der Waals surface area contributed by atoms with Crippen LogP contribution < -0.4 is 5.32 Å². The fourth-order valence-electron chi connectivity index (χ4n) is 3.49. The highest BCUT2D eigenvalue weighted by atomic mass is 31.2. The Kier molecular flexibility index (Phi) is 24.2. The van der Waals surface area contributed by atoms with Crippen LogP contribution >= 0.6 is 7.82 Å². The Morgan fingerprint density at radius 3 is 2.05 bits per heavy atom. The van der Waals surface area contributed by atoms with Crippen molar-refractivity contribution in [3.63, 3.8) is 0 Å². The lowest BCUT2D eigenvalue weighted by Gasteiger charge is -2.15. The first-order valence-corrected chi connectivity index (χ1v) is 15.7. The molecule has 0 saturated carbocycles. The van der Waals surface area contributed by atoms with Gasteiger partial charge in [0.05, 0.1) is 13.2 Å². The second-order valence-electron chi connectivity index (χ2n) is 9.37. The number of phosphoric acid groups is 1. The highest BCUT2D eigenvalue weighted by Gasteiger charge is 2.23. The zero-order valence-corrected chi connectivity index (χ0v) is 24.1. The maximum absolute atomic E-state index is 11.9. The highest BCUT2D eigenvalue weighted by Crippen LogP contribution is 2.42. The highest BCUT2D eigenvalue weighted by molar-refractivity contribution is 7.47. The smallest absolute Gasteiger partial charge is 0.463 e. The van der Waals surface area contributed by atoms with E-state index >= 15 is 0 Å². The zero-order chi connectivity index (χ0) is 27.6. The minimum atomic E-state index is -4.38. The Hall–Kier alpha value is -1.25. The quantitative estimate of drug-likeness (QED) is 0.0520.